The molecule has 0 saturated heterocycles. The van der Waals surface area contributed by atoms with Crippen LogP contribution in [-0.4, -0.2) is 0 Å². The summed E-state index contributed by atoms with van der Waals surface area (Å²) in [5.74, 6) is 0.746. The molecule has 0 radical (unpaired) electrons. The van der Waals surface area contributed by atoms with Gasteiger partial charge in [-0.2, -0.15) is 0 Å². The van der Waals surface area contributed by atoms with Crippen molar-refractivity contribution >= 4 is 27.5 Å². The Hall–Kier alpha value is -0.0100. The van der Waals surface area contributed by atoms with Crippen LogP contribution < -0.4 is 0 Å². The number of hydrogen-bond acceptors (Lipinski definition) is 0. The van der Waals surface area contributed by atoms with E-state index < -0.39 is 0 Å². The number of benzene rings is 1. The zero-order valence-electron chi connectivity index (χ0n) is 8.10. The van der Waals surface area contributed by atoms with E-state index in [0.29, 0.717) is 0 Å². The molecule has 2 rings (SSSR count). The molecule has 2 heteroatoms. The molecule has 0 spiro atoms. The fourth-order valence-electron chi connectivity index (χ4n) is 2.25. The predicted molar refractivity (Wildman–Crippen MR) is 65.0 cm³/mol. The van der Waals surface area contributed by atoms with Gasteiger partial charge in [0.05, 0.1) is 0 Å². The molecule has 76 valence electrons. The van der Waals surface area contributed by atoms with Gasteiger partial charge >= 0.3 is 0 Å². The molecule has 0 amide bonds. The predicted octanol–water partition coefficient (Wildman–Crippen LogP) is 5.15. The average molecular weight is 274 g/mol. The summed E-state index contributed by atoms with van der Waals surface area (Å²) < 4.78 is 1.18. The van der Waals surface area contributed by atoms with Crippen molar-refractivity contribution in [2.24, 2.45) is 0 Å². The molecule has 0 heterocycles. The van der Waals surface area contributed by atoms with Crippen molar-refractivity contribution in [2.45, 2.75) is 38.0 Å². The van der Waals surface area contributed by atoms with E-state index in [9.17, 15) is 0 Å². The maximum absolute atomic E-state index is 5.93. The minimum Gasteiger partial charge on any atom is -0.0843 e. The smallest absolute Gasteiger partial charge is 0.0417 e. The van der Waals surface area contributed by atoms with Crippen LogP contribution in [0.5, 0.6) is 0 Å². The van der Waals surface area contributed by atoms with Crippen molar-refractivity contribution in [3.8, 4) is 0 Å². The normalized spacial score (nSPS) is 18.4. The van der Waals surface area contributed by atoms with Crippen LogP contribution >= 0.6 is 27.5 Å². The first-order valence-corrected chi connectivity index (χ1v) is 6.39. The van der Waals surface area contributed by atoms with Gasteiger partial charge < -0.3 is 0 Å². The molecule has 1 aliphatic carbocycles. The Kier molecular flexibility index (Phi) is 3.51. The first-order chi connectivity index (χ1) is 6.77. The van der Waals surface area contributed by atoms with E-state index in [2.05, 4.69) is 22.0 Å². The SMILES string of the molecule is Clc1ccc(C2CCCCC2)c(Br)c1. The van der Waals surface area contributed by atoms with Crippen LogP contribution in [0.3, 0.4) is 0 Å². The van der Waals surface area contributed by atoms with E-state index in [0.717, 1.165) is 10.9 Å². The summed E-state index contributed by atoms with van der Waals surface area (Å²) in [6.07, 6.45) is 6.82. The van der Waals surface area contributed by atoms with Gasteiger partial charge in [-0.25, -0.2) is 0 Å². The fraction of sp³-hybridized carbons (Fsp3) is 0.500. The van der Waals surface area contributed by atoms with Gasteiger partial charge in [0.1, 0.15) is 0 Å². The van der Waals surface area contributed by atoms with Crippen LogP contribution in [0.4, 0.5) is 0 Å². The Morgan fingerprint density at radius 2 is 1.86 bits per heavy atom. The third-order valence-electron chi connectivity index (χ3n) is 3.01. The van der Waals surface area contributed by atoms with Crippen LogP contribution in [0.15, 0.2) is 22.7 Å². The summed E-state index contributed by atoms with van der Waals surface area (Å²) in [6, 6.07) is 6.17. The van der Waals surface area contributed by atoms with E-state index in [1.165, 1.54) is 42.1 Å². The Balaban J connectivity index is 2.22. The summed E-state index contributed by atoms with van der Waals surface area (Å²) >= 11 is 9.52. The minimum absolute atomic E-state index is 0.746. The number of halogens is 2. The average Bonchev–Trinajstić information content (AvgIpc) is 2.19. The van der Waals surface area contributed by atoms with Gasteiger partial charge in [-0.3, -0.25) is 0 Å². The van der Waals surface area contributed by atoms with Crippen LogP contribution in [0.25, 0.3) is 0 Å². The monoisotopic (exact) mass is 272 g/mol. The van der Waals surface area contributed by atoms with Gasteiger partial charge in [0, 0.05) is 9.50 Å². The molecule has 1 aliphatic rings. The molecule has 0 unspecified atom stereocenters. The molecule has 1 aromatic rings. The van der Waals surface area contributed by atoms with E-state index in [1.807, 2.05) is 12.1 Å². The lowest BCUT2D eigenvalue weighted by Crippen LogP contribution is -2.04. The zero-order chi connectivity index (χ0) is 9.97. The molecule has 0 atom stereocenters. The first kappa shape index (κ1) is 10.5. The highest BCUT2D eigenvalue weighted by Crippen LogP contribution is 2.37. The molecule has 0 aromatic heterocycles. The van der Waals surface area contributed by atoms with Gasteiger partial charge in [0.15, 0.2) is 0 Å². The van der Waals surface area contributed by atoms with E-state index >= 15 is 0 Å². The van der Waals surface area contributed by atoms with Gasteiger partial charge in [-0.1, -0.05) is 52.9 Å². The minimum atomic E-state index is 0.746. The number of rotatable bonds is 1. The lowest BCUT2D eigenvalue weighted by Gasteiger charge is -2.23. The summed E-state index contributed by atoms with van der Waals surface area (Å²) in [5, 5.41) is 0.816. The van der Waals surface area contributed by atoms with E-state index in [1.54, 1.807) is 0 Å². The van der Waals surface area contributed by atoms with Gasteiger partial charge in [0.2, 0.25) is 0 Å². The van der Waals surface area contributed by atoms with Gasteiger partial charge in [-0.15, -0.1) is 0 Å². The topological polar surface area (TPSA) is 0 Å². The molecule has 14 heavy (non-hydrogen) atoms. The Bertz CT molecular complexity index is 316. The van der Waals surface area contributed by atoms with Crippen LogP contribution in [0.2, 0.25) is 5.02 Å². The standard InChI is InChI=1S/C12H14BrCl/c13-12-8-10(14)6-7-11(12)9-4-2-1-3-5-9/h6-9H,1-5H2. The van der Waals surface area contributed by atoms with Crippen molar-refractivity contribution in [1.29, 1.82) is 0 Å². The molecule has 0 bridgehead atoms. The highest BCUT2D eigenvalue weighted by atomic mass is 79.9. The molecule has 0 aliphatic heterocycles. The molecule has 1 fully saturated rings. The van der Waals surface area contributed by atoms with Crippen molar-refractivity contribution in [3.63, 3.8) is 0 Å². The van der Waals surface area contributed by atoms with Gasteiger partial charge in [-0.05, 0) is 36.5 Å². The quantitative estimate of drug-likeness (QED) is 0.664. The van der Waals surface area contributed by atoms with Crippen LogP contribution in [-0.2, 0) is 0 Å². The van der Waals surface area contributed by atoms with E-state index in [-0.39, 0.29) is 0 Å². The third-order valence-corrected chi connectivity index (χ3v) is 3.93. The second-order valence-electron chi connectivity index (χ2n) is 4.00. The molecule has 0 nitrogen and oxygen atoms in total. The molecule has 1 saturated carbocycles. The van der Waals surface area contributed by atoms with Crippen LogP contribution in [0, 0.1) is 0 Å². The van der Waals surface area contributed by atoms with Crippen LogP contribution in [0.1, 0.15) is 43.6 Å². The summed E-state index contributed by atoms with van der Waals surface area (Å²) in [5.41, 5.74) is 1.44. The van der Waals surface area contributed by atoms with Gasteiger partial charge in [0.25, 0.3) is 0 Å². The molecular weight excluding hydrogens is 259 g/mol. The van der Waals surface area contributed by atoms with Crippen molar-refractivity contribution in [3.05, 3.63) is 33.3 Å². The summed E-state index contributed by atoms with van der Waals surface area (Å²) in [4.78, 5) is 0. The lowest BCUT2D eigenvalue weighted by molar-refractivity contribution is 0.442. The lowest BCUT2D eigenvalue weighted by atomic mass is 9.84. The first-order valence-electron chi connectivity index (χ1n) is 5.22. The summed E-state index contributed by atoms with van der Waals surface area (Å²) in [7, 11) is 0. The maximum Gasteiger partial charge on any atom is 0.0417 e. The third kappa shape index (κ3) is 2.32. The van der Waals surface area contributed by atoms with Crippen molar-refractivity contribution in [1.82, 2.24) is 0 Å². The zero-order valence-corrected chi connectivity index (χ0v) is 10.4. The van der Waals surface area contributed by atoms with Crippen molar-refractivity contribution < 1.29 is 0 Å². The molecule has 0 N–H and O–H groups in total. The Morgan fingerprint density at radius 1 is 1.14 bits per heavy atom. The molecular formula is C12H14BrCl. The largest absolute Gasteiger partial charge is 0.0843 e. The van der Waals surface area contributed by atoms with Crippen molar-refractivity contribution in [2.75, 3.05) is 0 Å². The Morgan fingerprint density at radius 3 is 2.50 bits per heavy atom. The van der Waals surface area contributed by atoms with E-state index in [4.69, 9.17) is 11.6 Å². The Labute approximate surface area is 98.8 Å². The number of hydrogen-bond donors (Lipinski definition) is 0. The second kappa shape index (κ2) is 4.67. The summed E-state index contributed by atoms with van der Waals surface area (Å²) in [6.45, 7) is 0. The second-order valence-corrected chi connectivity index (χ2v) is 5.29. The fourth-order valence-corrected chi connectivity index (χ4v) is 3.25. The highest BCUT2D eigenvalue weighted by Gasteiger charge is 2.17. The maximum atomic E-state index is 5.93. The molecule has 1 aromatic carbocycles. The highest BCUT2D eigenvalue weighted by molar-refractivity contribution is 9.10.